The van der Waals surface area contributed by atoms with Gasteiger partial charge in [0.15, 0.2) is 6.04 Å². The van der Waals surface area contributed by atoms with E-state index in [1.165, 1.54) is 7.11 Å². The zero-order valence-electron chi connectivity index (χ0n) is 20.0. The number of carbonyl (C=O) groups excluding carboxylic acids is 2. The van der Waals surface area contributed by atoms with E-state index in [9.17, 15) is 19.5 Å². The van der Waals surface area contributed by atoms with Crippen LogP contribution < -0.4 is 10.6 Å². The normalized spacial score (nSPS) is 20.7. The van der Waals surface area contributed by atoms with Gasteiger partial charge in [-0.1, -0.05) is 61.4 Å². The van der Waals surface area contributed by atoms with Crippen LogP contribution in [0.15, 0.2) is 48.5 Å². The SMILES string of the molecule is COC(C)C(NC(=O)[C@@H]1CCCC[C@@H]1NC(=O)OCC1c2ccccc2-c2ccccc21)C(=O)O. The Morgan fingerprint density at radius 1 is 1.00 bits per heavy atom. The quantitative estimate of drug-likeness (QED) is 0.531. The van der Waals surface area contributed by atoms with Gasteiger partial charge < -0.3 is 25.2 Å². The number of carboxylic acid groups (broad SMARTS) is 1. The molecular weight excluding hydrogens is 448 g/mol. The first-order valence-electron chi connectivity index (χ1n) is 12.1. The van der Waals surface area contributed by atoms with Gasteiger partial charge in [0, 0.05) is 19.1 Å². The minimum atomic E-state index is -1.16. The van der Waals surface area contributed by atoms with Gasteiger partial charge in [-0.15, -0.1) is 0 Å². The summed E-state index contributed by atoms with van der Waals surface area (Å²) < 4.78 is 10.7. The minimum Gasteiger partial charge on any atom is -0.480 e. The number of fused-ring (bicyclic) bond motifs is 3. The fourth-order valence-electron chi connectivity index (χ4n) is 5.19. The number of ether oxygens (including phenoxy) is 2. The maximum absolute atomic E-state index is 12.9. The van der Waals surface area contributed by atoms with Crippen molar-refractivity contribution in [1.82, 2.24) is 10.6 Å². The van der Waals surface area contributed by atoms with Crippen LogP contribution in [-0.4, -0.2) is 55.0 Å². The minimum absolute atomic E-state index is 0.0505. The summed E-state index contributed by atoms with van der Waals surface area (Å²) >= 11 is 0. The Morgan fingerprint density at radius 2 is 1.60 bits per heavy atom. The molecular formula is C27H32N2O6. The Labute approximate surface area is 205 Å². The molecule has 2 amide bonds. The topological polar surface area (TPSA) is 114 Å². The second-order valence-electron chi connectivity index (χ2n) is 9.23. The van der Waals surface area contributed by atoms with Crippen molar-refractivity contribution in [2.45, 2.75) is 56.7 Å². The fourth-order valence-corrected chi connectivity index (χ4v) is 5.19. The molecule has 0 aliphatic heterocycles. The number of alkyl carbamates (subject to hydrolysis) is 1. The van der Waals surface area contributed by atoms with E-state index in [1.807, 2.05) is 24.3 Å². The van der Waals surface area contributed by atoms with Gasteiger partial charge in [0.25, 0.3) is 0 Å². The first-order chi connectivity index (χ1) is 16.9. The Morgan fingerprint density at radius 3 is 2.20 bits per heavy atom. The lowest BCUT2D eigenvalue weighted by molar-refractivity contribution is -0.146. The lowest BCUT2D eigenvalue weighted by Crippen LogP contribution is -2.54. The highest BCUT2D eigenvalue weighted by molar-refractivity contribution is 5.86. The van der Waals surface area contributed by atoms with Gasteiger partial charge in [0.05, 0.1) is 12.0 Å². The number of nitrogens with one attached hydrogen (secondary N) is 2. The van der Waals surface area contributed by atoms with Gasteiger partial charge in [-0.2, -0.15) is 0 Å². The van der Waals surface area contributed by atoms with Gasteiger partial charge >= 0.3 is 12.1 Å². The van der Waals surface area contributed by atoms with Crippen LogP contribution in [-0.2, 0) is 19.1 Å². The standard InChI is InChI=1S/C27H32N2O6/c1-16(34-2)24(26(31)32)29-25(30)21-13-7-8-14-23(21)28-27(33)35-15-22-19-11-5-3-9-17(19)18-10-4-6-12-20(18)22/h3-6,9-12,16,21-24H,7-8,13-15H2,1-2H3,(H,28,33)(H,29,30)(H,31,32)/t16?,21-,23+,24?/m1/s1. The van der Waals surface area contributed by atoms with Gasteiger partial charge in [-0.25, -0.2) is 9.59 Å². The predicted molar refractivity (Wildman–Crippen MR) is 130 cm³/mol. The second-order valence-corrected chi connectivity index (χ2v) is 9.23. The molecule has 0 aromatic heterocycles. The highest BCUT2D eigenvalue weighted by Crippen LogP contribution is 2.44. The van der Waals surface area contributed by atoms with Gasteiger partial charge in [0.2, 0.25) is 5.91 Å². The summed E-state index contributed by atoms with van der Waals surface area (Å²) in [5.74, 6) is -2.14. The van der Waals surface area contributed by atoms with Crippen molar-refractivity contribution in [3.8, 4) is 11.1 Å². The smallest absolute Gasteiger partial charge is 0.407 e. The third-order valence-corrected chi connectivity index (χ3v) is 7.15. The maximum Gasteiger partial charge on any atom is 0.407 e. The summed E-state index contributed by atoms with van der Waals surface area (Å²) in [6.07, 6.45) is 1.63. The zero-order valence-corrected chi connectivity index (χ0v) is 20.0. The molecule has 2 aliphatic rings. The van der Waals surface area contributed by atoms with Gasteiger partial charge in [0.1, 0.15) is 6.61 Å². The van der Waals surface area contributed by atoms with E-state index in [0.717, 1.165) is 35.1 Å². The maximum atomic E-state index is 12.9. The number of hydrogen-bond acceptors (Lipinski definition) is 5. The first kappa shape index (κ1) is 24.7. The van der Waals surface area contributed by atoms with Crippen molar-refractivity contribution < 1.29 is 29.0 Å². The third-order valence-electron chi connectivity index (χ3n) is 7.15. The van der Waals surface area contributed by atoms with Crippen molar-refractivity contribution in [3.05, 3.63) is 59.7 Å². The lowest BCUT2D eigenvalue weighted by atomic mass is 9.83. The number of rotatable bonds is 8. The summed E-state index contributed by atoms with van der Waals surface area (Å²) in [6, 6.07) is 14.7. The van der Waals surface area contributed by atoms with Crippen LogP contribution in [0.1, 0.15) is 49.7 Å². The molecule has 1 fully saturated rings. The molecule has 8 heteroatoms. The number of methoxy groups -OCH3 is 1. The molecule has 2 aromatic rings. The fraction of sp³-hybridized carbons (Fsp3) is 0.444. The molecule has 0 radical (unpaired) electrons. The predicted octanol–water partition coefficient (Wildman–Crippen LogP) is 3.69. The average molecular weight is 481 g/mol. The summed E-state index contributed by atoms with van der Waals surface area (Å²) in [5, 5.41) is 14.9. The summed E-state index contributed by atoms with van der Waals surface area (Å²) in [4.78, 5) is 37.3. The Hall–Kier alpha value is -3.39. The van der Waals surface area contributed by atoms with Crippen LogP contribution in [0.25, 0.3) is 11.1 Å². The van der Waals surface area contributed by atoms with Crippen molar-refractivity contribution in [1.29, 1.82) is 0 Å². The molecule has 8 nitrogen and oxygen atoms in total. The van der Waals surface area contributed by atoms with Crippen molar-refractivity contribution in [2.24, 2.45) is 5.92 Å². The third kappa shape index (κ3) is 5.32. The van der Waals surface area contributed by atoms with Crippen LogP contribution >= 0.6 is 0 Å². The molecule has 35 heavy (non-hydrogen) atoms. The van der Waals surface area contributed by atoms with Crippen LogP contribution in [0, 0.1) is 5.92 Å². The summed E-state index contributed by atoms with van der Waals surface area (Å²) in [6.45, 7) is 1.78. The van der Waals surface area contributed by atoms with E-state index in [2.05, 4.69) is 34.9 Å². The molecule has 0 saturated heterocycles. The summed E-state index contributed by atoms with van der Waals surface area (Å²) in [5.41, 5.74) is 4.56. The van der Waals surface area contributed by atoms with E-state index < -0.39 is 42.1 Å². The first-order valence-corrected chi connectivity index (χ1v) is 12.1. The highest BCUT2D eigenvalue weighted by Gasteiger charge is 2.36. The van der Waals surface area contributed by atoms with Crippen LogP contribution in [0.5, 0.6) is 0 Å². The van der Waals surface area contributed by atoms with Crippen LogP contribution in [0.2, 0.25) is 0 Å². The van der Waals surface area contributed by atoms with Crippen molar-refractivity contribution >= 4 is 18.0 Å². The number of hydrogen-bond donors (Lipinski definition) is 3. The largest absolute Gasteiger partial charge is 0.480 e. The number of aliphatic carboxylic acids is 1. The Bertz CT molecular complexity index is 1040. The monoisotopic (exact) mass is 480 g/mol. The van der Waals surface area contributed by atoms with Crippen molar-refractivity contribution in [2.75, 3.05) is 13.7 Å². The summed E-state index contributed by atoms with van der Waals surface area (Å²) in [7, 11) is 1.40. The van der Waals surface area contributed by atoms with E-state index in [4.69, 9.17) is 9.47 Å². The Balaban J connectivity index is 1.39. The van der Waals surface area contributed by atoms with E-state index in [0.29, 0.717) is 12.8 Å². The molecule has 0 heterocycles. The molecule has 0 spiro atoms. The Kier molecular flexibility index (Phi) is 7.70. The molecule has 4 rings (SSSR count). The highest BCUT2D eigenvalue weighted by atomic mass is 16.5. The molecule has 4 atom stereocenters. The molecule has 2 unspecified atom stereocenters. The number of carboxylic acids is 1. The molecule has 1 saturated carbocycles. The molecule has 2 aliphatic carbocycles. The van der Waals surface area contributed by atoms with Crippen molar-refractivity contribution in [3.63, 3.8) is 0 Å². The van der Waals surface area contributed by atoms with E-state index in [1.54, 1.807) is 6.92 Å². The van der Waals surface area contributed by atoms with Gasteiger partial charge in [-0.3, -0.25) is 4.79 Å². The molecule has 3 N–H and O–H groups in total. The number of amides is 2. The number of benzene rings is 2. The van der Waals surface area contributed by atoms with Crippen LogP contribution in [0.4, 0.5) is 4.79 Å². The molecule has 186 valence electrons. The molecule has 2 aromatic carbocycles. The van der Waals surface area contributed by atoms with E-state index in [-0.39, 0.29) is 12.5 Å². The second kappa shape index (κ2) is 10.9. The molecule has 0 bridgehead atoms. The lowest BCUT2D eigenvalue weighted by Gasteiger charge is -2.32. The zero-order chi connectivity index (χ0) is 24.9. The number of carbonyl (C=O) groups is 3. The van der Waals surface area contributed by atoms with Gasteiger partial charge in [-0.05, 0) is 42.0 Å². The van der Waals surface area contributed by atoms with Crippen LogP contribution in [0.3, 0.4) is 0 Å². The van der Waals surface area contributed by atoms with E-state index >= 15 is 0 Å². The average Bonchev–Trinajstić information content (AvgIpc) is 3.19.